The molecule has 6 rings (SSSR count). The summed E-state index contributed by atoms with van der Waals surface area (Å²) in [6.07, 6.45) is 5.61. The lowest BCUT2D eigenvalue weighted by Gasteiger charge is -2.31. The van der Waals surface area contributed by atoms with Crippen molar-refractivity contribution >= 4 is 60.8 Å². The topological polar surface area (TPSA) is 59.0 Å². The number of carbonyl (C=O) groups excluding carboxylic acids is 1. The number of aromatic nitrogens is 3. The molecule has 1 aliphatic heterocycles. The number of hydrogen-bond donors (Lipinski definition) is 0. The molecule has 0 unspecified atom stereocenters. The molecule has 1 fully saturated rings. The zero-order valence-electron chi connectivity index (χ0n) is 18.0. The van der Waals surface area contributed by atoms with Crippen LogP contribution in [0.2, 0.25) is 0 Å². The summed E-state index contributed by atoms with van der Waals surface area (Å²) in [7, 11) is 0. The average molecular weight is 481 g/mol. The number of benzene rings is 1. The molecule has 0 saturated carbocycles. The Kier molecular flexibility index (Phi) is 5.39. The molecular weight excluding hydrogens is 456 g/mol. The van der Waals surface area contributed by atoms with Gasteiger partial charge in [0.1, 0.15) is 15.7 Å². The van der Waals surface area contributed by atoms with Crippen molar-refractivity contribution in [3.05, 3.63) is 45.5 Å². The molecule has 4 heterocycles. The second kappa shape index (κ2) is 8.39. The van der Waals surface area contributed by atoms with Crippen LogP contribution in [0.25, 0.3) is 20.4 Å². The number of carbonyl (C=O) groups is 1. The Hall–Kier alpha value is -2.03. The summed E-state index contributed by atoms with van der Waals surface area (Å²) in [5.41, 5.74) is 2.49. The number of fused-ring (bicyclic) bond motifs is 4. The van der Waals surface area contributed by atoms with Crippen molar-refractivity contribution in [2.45, 2.75) is 50.0 Å². The van der Waals surface area contributed by atoms with Crippen molar-refractivity contribution < 1.29 is 4.79 Å². The standard InChI is InChI=1S/C24H24N4OS3/c1-14-25-23(21-16-7-4-10-18(16)31-24(21)26-14)30-13-20(29)28-11-5-6-15(12-28)22-27-17-8-2-3-9-19(17)32-22/h2-3,8-9,15H,4-7,10-13H2,1H3/t15-/m0/s1. The van der Waals surface area contributed by atoms with Gasteiger partial charge in [0.15, 0.2) is 0 Å². The molecule has 1 amide bonds. The molecule has 1 aliphatic carbocycles. The summed E-state index contributed by atoms with van der Waals surface area (Å²) >= 11 is 5.17. The summed E-state index contributed by atoms with van der Waals surface area (Å²) in [6, 6.07) is 8.30. The Morgan fingerprint density at radius 1 is 1.16 bits per heavy atom. The highest BCUT2D eigenvalue weighted by molar-refractivity contribution is 8.00. The Bertz CT molecular complexity index is 1290. The first kappa shape index (κ1) is 20.6. The van der Waals surface area contributed by atoms with Crippen LogP contribution >= 0.6 is 34.4 Å². The quantitative estimate of drug-likeness (QED) is 0.281. The predicted octanol–water partition coefficient (Wildman–Crippen LogP) is 5.60. The van der Waals surface area contributed by atoms with Gasteiger partial charge in [-0.2, -0.15) is 0 Å². The predicted molar refractivity (Wildman–Crippen MR) is 133 cm³/mol. The molecule has 3 aromatic heterocycles. The van der Waals surface area contributed by atoms with Gasteiger partial charge in [0.05, 0.1) is 21.0 Å². The number of rotatable bonds is 4. The highest BCUT2D eigenvalue weighted by Gasteiger charge is 2.28. The van der Waals surface area contributed by atoms with E-state index < -0.39 is 0 Å². The minimum atomic E-state index is 0.206. The van der Waals surface area contributed by atoms with Gasteiger partial charge in [0, 0.05) is 29.3 Å². The molecule has 1 saturated heterocycles. The lowest BCUT2D eigenvalue weighted by atomic mass is 9.99. The molecule has 4 aromatic rings. The Morgan fingerprint density at radius 3 is 2.97 bits per heavy atom. The van der Waals surface area contributed by atoms with Gasteiger partial charge in [-0.1, -0.05) is 23.9 Å². The highest BCUT2D eigenvalue weighted by Crippen LogP contribution is 2.40. The van der Waals surface area contributed by atoms with Crippen LogP contribution < -0.4 is 0 Å². The monoisotopic (exact) mass is 480 g/mol. The van der Waals surface area contributed by atoms with Crippen molar-refractivity contribution in [3.63, 3.8) is 0 Å². The number of thioether (sulfide) groups is 1. The van der Waals surface area contributed by atoms with Gasteiger partial charge in [0.25, 0.3) is 0 Å². The number of piperidine rings is 1. The first-order valence-electron chi connectivity index (χ1n) is 11.2. The summed E-state index contributed by atoms with van der Waals surface area (Å²) in [5.74, 6) is 1.77. The normalized spacial score (nSPS) is 18.5. The number of thiazole rings is 1. The Balaban J connectivity index is 1.18. The molecule has 5 nitrogen and oxygen atoms in total. The second-order valence-corrected chi connectivity index (χ2v) is 11.7. The van der Waals surface area contributed by atoms with Gasteiger partial charge >= 0.3 is 0 Å². The molecule has 2 aliphatic rings. The number of para-hydroxylation sites is 1. The number of aryl methyl sites for hydroxylation is 3. The molecule has 0 spiro atoms. The molecule has 164 valence electrons. The molecule has 1 atom stereocenters. The van der Waals surface area contributed by atoms with Crippen LogP contribution in [0.15, 0.2) is 29.3 Å². The summed E-state index contributed by atoms with van der Waals surface area (Å²) in [5, 5.41) is 3.36. The third-order valence-electron chi connectivity index (χ3n) is 6.41. The van der Waals surface area contributed by atoms with E-state index >= 15 is 0 Å². The summed E-state index contributed by atoms with van der Waals surface area (Å²) in [4.78, 5) is 32.0. The smallest absolute Gasteiger partial charge is 0.233 e. The minimum absolute atomic E-state index is 0.206. The maximum atomic E-state index is 13.2. The zero-order chi connectivity index (χ0) is 21.7. The highest BCUT2D eigenvalue weighted by atomic mass is 32.2. The number of thiophene rings is 1. The van der Waals surface area contributed by atoms with E-state index in [4.69, 9.17) is 9.97 Å². The lowest BCUT2D eigenvalue weighted by Crippen LogP contribution is -2.40. The van der Waals surface area contributed by atoms with E-state index in [2.05, 4.69) is 23.2 Å². The van der Waals surface area contributed by atoms with Gasteiger partial charge < -0.3 is 4.90 Å². The minimum Gasteiger partial charge on any atom is -0.341 e. The van der Waals surface area contributed by atoms with E-state index in [9.17, 15) is 4.79 Å². The zero-order valence-corrected chi connectivity index (χ0v) is 20.4. The molecule has 0 radical (unpaired) electrons. The first-order valence-corrected chi connectivity index (χ1v) is 13.8. The summed E-state index contributed by atoms with van der Waals surface area (Å²) in [6.45, 7) is 3.56. The number of amides is 1. The number of likely N-dealkylation sites (tertiary alicyclic amines) is 1. The van der Waals surface area contributed by atoms with Crippen molar-refractivity contribution in [2.75, 3.05) is 18.8 Å². The van der Waals surface area contributed by atoms with Crippen LogP contribution in [0.3, 0.4) is 0 Å². The van der Waals surface area contributed by atoms with Gasteiger partial charge in [-0.15, -0.1) is 22.7 Å². The van der Waals surface area contributed by atoms with Crippen LogP contribution in [-0.4, -0.2) is 44.6 Å². The number of hydrogen-bond acceptors (Lipinski definition) is 7. The van der Waals surface area contributed by atoms with Crippen molar-refractivity contribution in [3.8, 4) is 0 Å². The van der Waals surface area contributed by atoms with Crippen LogP contribution in [-0.2, 0) is 17.6 Å². The van der Waals surface area contributed by atoms with Crippen LogP contribution in [0.5, 0.6) is 0 Å². The van der Waals surface area contributed by atoms with E-state index in [-0.39, 0.29) is 5.91 Å². The first-order chi connectivity index (χ1) is 15.7. The van der Waals surface area contributed by atoms with E-state index in [1.165, 1.54) is 32.0 Å². The average Bonchev–Trinajstić information content (AvgIpc) is 3.51. The van der Waals surface area contributed by atoms with Crippen LogP contribution in [0, 0.1) is 6.92 Å². The van der Waals surface area contributed by atoms with Crippen molar-refractivity contribution in [2.24, 2.45) is 0 Å². The third-order valence-corrected chi connectivity index (χ3v) is 9.75. The van der Waals surface area contributed by atoms with Crippen molar-refractivity contribution in [1.29, 1.82) is 0 Å². The fraction of sp³-hybridized carbons (Fsp3) is 0.417. The molecule has 32 heavy (non-hydrogen) atoms. The van der Waals surface area contributed by atoms with Crippen molar-refractivity contribution in [1.82, 2.24) is 19.9 Å². The lowest BCUT2D eigenvalue weighted by molar-refractivity contribution is -0.129. The van der Waals surface area contributed by atoms with Gasteiger partial charge in [-0.25, -0.2) is 15.0 Å². The van der Waals surface area contributed by atoms with Crippen LogP contribution in [0.1, 0.15) is 46.5 Å². The maximum Gasteiger partial charge on any atom is 0.233 e. The van der Waals surface area contributed by atoms with E-state index in [1.54, 1.807) is 23.1 Å². The largest absolute Gasteiger partial charge is 0.341 e. The third kappa shape index (κ3) is 3.72. The van der Waals surface area contributed by atoms with Gasteiger partial charge in [-0.05, 0) is 56.7 Å². The second-order valence-electron chi connectivity index (χ2n) is 8.60. The van der Waals surface area contributed by atoms with E-state index in [0.717, 1.165) is 60.0 Å². The van der Waals surface area contributed by atoms with Gasteiger partial charge in [0.2, 0.25) is 5.91 Å². The van der Waals surface area contributed by atoms with Gasteiger partial charge in [-0.3, -0.25) is 4.79 Å². The molecule has 0 bridgehead atoms. The molecular formula is C24H24N4OS3. The fourth-order valence-corrected chi connectivity index (χ4v) is 8.33. The summed E-state index contributed by atoms with van der Waals surface area (Å²) < 4.78 is 1.23. The SMILES string of the molecule is Cc1nc(SCC(=O)N2CCC[C@H](c3nc4ccccc4s3)C2)c2c3c(sc2n1)CCC3. The molecule has 8 heteroatoms. The van der Waals surface area contributed by atoms with E-state index in [0.29, 0.717) is 11.7 Å². The van der Waals surface area contributed by atoms with Crippen LogP contribution in [0.4, 0.5) is 0 Å². The van der Waals surface area contributed by atoms with E-state index in [1.807, 2.05) is 29.2 Å². The number of nitrogens with zero attached hydrogens (tertiary/aromatic N) is 4. The molecule has 0 N–H and O–H groups in total. The Morgan fingerprint density at radius 2 is 2.06 bits per heavy atom. The fourth-order valence-electron chi connectivity index (χ4n) is 4.86. The maximum absolute atomic E-state index is 13.2. The Labute approximate surface area is 199 Å². The molecule has 1 aromatic carbocycles.